The highest BCUT2D eigenvalue weighted by Crippen LogP contribution is 2.41. The normalized spacial score (nSPS) is 15.8. The van der Waals surface area contributed by atoms with Crippen molar-refractivity contribution in [1.82, 2.24) is 9.97 Å². The first-order valence-electron chi connectivity index (χ1n) is 9.35. The highest BCUT2D eigenvalue weighted by atomic mass is 16.5. The van der Waals surface area contributed by atoms with Crippen molar-refractivity contribution in [3.05, 3.63) is 47.8 Å². The number of para-hydroxylation sites is 2. The number of nitrogens with one attached hydrogen (secondary N) is 3. The molecule has 2 heterocycles. The van der Waals surface area contributed by atoms with Crippen LogP contribution in [-0.2, 0) is 9.59 Å². The SMILES string of the molecule is CCCC(=O)Nc1cc2c(cc1OC)NC(=O)CC2c1nc2ccccc2[nH]1. The van der Waals surface area contributed by atoms with Crippen LogP contribution >= 0.6 is 0 Å². The van der Waals surface area contributed by atoms with E-state index in [2.05, 4.69) is 20.6 Å². The van der Waals surface area contributed by atoms with Crippen LogP contribution in [-0.4, -0.2) is 28.9 Å². The minimum atomic E-state index is -0.233. The van der Waals surface area contributed by atoms with Gasteiger partial charge in [0.1, 0.15) is 11.6 Å². The third-order valence-corrected chi connectivity index (χ3v) is 4.90. The zero-order chi connectivity index (χ0) is 19.7. The van der Waals surface area contributed by atoms with E-state index in [-0.39, 0.29) is 24.2 Å². The summed E-state index contributed by atoms with van der Waals surface area (Å²) in [4.78, 5) is 32.4. The molecule has 0 saturated heterocycles. The van der Waals surface area contributed by atoms with Gasteiger partial charge in [0.25, 0.3) is 0 Å². The van der Waals surface area contributed by atoms with Gasteiger partial charge in [0.15, 0.2) is 0 Å². The van der Waals surface area contributed by atoms with E-state index in [0.717, 1.165) is 28.8 Å². The van der Waals surface area contributed by atoms with Gasteiger partial charge in [-0.3, -0.25) is 9.59 Å². The smallest absolute Gasteiger partial charge is 0.225 e. The van der Waals surface area contributed by atoms with Crippen molar-refractivity contribution in [2.75, 3.05) is 17.7 Å². The van der Waals surface area contributed by atoms with Crippen LogP contribution in [0.1, 0.15) is 43.5 Å². The summed E-state index contributed by atoms with van der Waals surface area (Å²) in [6.07, 6.45) is 1.47. The van der Waals surface area contributed by atoms with Crippen LogP contribution in [0.2, 0.25) is 0 Å². The molecule has 0 bridgehead atoms. The van der Waals surface area contributed by atoms with Crippen molar-refractivity contribution in [2.45, 2.75) is 32.1 Å². The lowest BCUT2D eigenvalue weighted by molar-refractivity contribution is -0.117. The molecule has 0 fully saturated rings. The fourth-order valence-electron chi connectivity index (χ4n) is 3.58. The number of imidazole rings is 1. The van der Waals surface area contributed by atoms with Gasteiger partial charge in [-0.2, -0.15) is 0 Å². The molecule has 4 rings (SSSR count). The van der Waals surface area contributed by atoms with E-state index in [4.69, 9.17) is 4.74 Å². The highest BCUT2D eigenvalue weighted by Gasteiger charge is 2.30. The lowest BCUT2D eigenvalue weighted by Crippen LogP contribution is -2.24. The molecule has 1 aliphatic heterocycles. The van der Waals surface area contributed by atoms with E-state index in [1.165, 1.54) is 0 Å². The molecule has 3 aromatic rings. The van der Waals surface area contributed by atoms with Crippen LogP contribution < -0.4 is 15.4 Å². The van der Waals surface area contributed by atoms with Gasteiger partial charge in [0, 0.05) is 24.6 Å². The minimum absolute atomic E-state index is 0.0686. The quantitative estimate of drug-likeness (QED) is 0.629. The third kappa shape index (κ3) is 3.31. The molecular formula is C21H22N4O3. The lowest BCUT2D eigenvalue weighted by Gasteiger charge is -2.26. The molecule has 7 heteroatoms. The number of aromatic nitrogens is 2. The van der Waals surface area contributed by atoms with Crippen LogP contribution in [0.3, 0.4) is 0 Å². The standard InChI is InChI=1S/C21H22N4O3/c1-3-6-19(26)23-17-9-12-13(10-20(27)22-16(12)11-18(17)28-2)21-24-14-7-4-5-8-15(14)25-21/h4-5,7-9,11,13H,3,6,10H2,1-2H3,(H,22,27)(H,23,26)(H,24,25). The van der Waals surface area contributed by atoms with E-state index >= 15 is 0 Å². The van der Waals surface area contributed by atoms with E-state index in [0.29, 0.717) is 23.5 Å². The summed E-state index contributed by atoms with van der Waals surface area (Å²) in [5, 5.41) is 5.82. The number of carbonyl (C=O) groups is 2. The van der Waals surface area contributed by atoms with Gasteiger partial charge in [-0.15, -0.1) is 0 Å². The van der Waals surface area contributed by atoms with Crippen molar-refractivity contribution >= 4 is 34.2 Å². The first-order valence-corrected chi connectivity index (χ1v) is 9.35. The van der Waals surface area contributed by atoms with E-state index in [1.54, 1.807) is 13.2 Å². The Labute approximate surface area is 162 Å². The Balaban J connectivity index is 1.79. The maximum Gasteiger partial charge on any atom is 0.225 e. The van der Waals surface area contributed by atoms with E-state index < -0.39 is 0 Å². The van der Waals surface area contributed by atoms with Crippen LogP contribution in [0.5, 0.6) is 5.75 Å². The van der Waals surface area contributed by atoms with Gasteiger partial charge >= 0.3 is 0 Å². The molecule has 2 aromatic carbocycles. The largest absolute Gasteiger partial charge is 0.494 e. The second kappa shape index (κ2) is 7.34. The number of ether oxygens (including phenoxy) is 1. The van der Waals surface area contributed by atoms with Gasteiger partial charge in [0.2, 0.25) is 11.8 Å². The zero-order valence-corrected chi connectivity index (χ0v) is 15.8. The number of hydrogen-bond acceptors (Lipinski definition) is 4. The Morgan fingerprint density at radius 2 is 2.14 bits per heavy atom. The Kier molecular flexibility index (Phi) is 4.73. The van der Waals surface area contributed by atoms with Crippen LogP contribution in [0.15, 0.2) is 36.4 Å². The third-order valence-electron chi connectivity index (χ3n) is 4.90. The maximum atomic E-state index is 12.3. The topological polar surface area (TPSA) is 96.1 Å². The van der Waals surface area contributed by atoms with Crippen LogP contribution in [0.4, 0.5) is 11.4 Å². The Bertz CT molecular complexity index is 1020. The number of carbonyl (C=O) groups excluding carboxylic acids is 2. The van der Waals surface area contributed by atoms with Gasteiger partial charge in [-0.25, -0.2) is 4.98 Å². The predicted octanol–water partition coefficient (Wildman–Crippen LogP) is 3.78. The minimum Gasteiger partial charge on any atom is -0.494 e. The zero-order valence-electron chi connectivity index (χ0n) is 15.8. The first-order chi connectivity index (χ1) is 13.6. The molecule has 144 valence electrons. The summed E-state index contributed by atoms with van der Waals surface area (Å²) in [6.45, 7) is 1.96. The number of fused-ring (bicyclic) bond motifs is 2. The van der Waals surface area contributed by atoms with Gasteiger partial charge < -0.3 is 20.4 Å². The summed E-state index contributed by atoms with van der Waals surface area (Å²) in [6, 6.07) is 11.4. The molecule has 28 heavy (non-hydrogen) atoms. The van der Waals surface area contributed by atoms with Crippen molar-refractivity contribution in [2.24, 2.45) is 0 Å². The lowest BCUT2D eigenvalue weighted by atomic mass is 9.89. The Morgan fingerprint density at radius 3 is 2.89 bits per heavy atom. The molecule has 0 radical (unpaired) electrons. The number of benzene rings is 2. The van der Waals surface area contributed by atoms with Crippen molar-refractivity contribution in [1.29, 1.82) is 0 Å². The van der Waals surface area contributed by atoms with Crippen molar-refractivity contribution in [3.8, 4) is 5.75 Å². The highest BCUT2D eigenvalue weighted by molar-refractivity contribution is 5.98. The number of methoxy groups -OCH3 is 1. The fourth-order valence-corrected chi connectivity index (χ4v) is 3.58. The summed E-state index contributed by atoms with van der Waals surface area (Å²) in [5.41, 5.74) is 3.94. The number of H-pyrrole nitrogens is 1. The Morgan fingerprint density at radius 1 is 1.32 bits per heavy atom. The van der Waals surface area contributed by atoms with E-state index in [9.17, 15) is 9.59 Å². The summed E-state index contributed by atoms with van der Waals surface area (Å²) >= 11 is 0. The average Bonchev–Trinajstić information content (AvgIpc) is 3.11. The molecule has 0 spiro atoms. The molecule has 0 aliphatic carbocycles. The Hall–Kier alpha value is -3.35. The molecular weight excluding hydrogens is 356 g/mol. The van der Waals surface area contributed by atoms with Gasteiger partial charge in [-0.1, -0.05) is 19.1 Å². The number of nitrogens with zero attached hydrogens (tertiary/aromatic N) is 1. The molecule has 0 saturated carbocycles. The average molecular weight is 378 g/mol. The van der Waals surface area contributed by atoms with Gasteiger partial charge in [0.05, 0.1) is 29.7 Å². The predicted molar refractivity (Wildman–Crippen MR) is 108 cm³/mol. The monoisotopic (exact) mass is 378 g/mol. The molecule has 1 aliphatic rings. The molecule has 1 atom stereocenters. The summed E-state index contributed by atoms with van der Waals surface area (Å²) in [5.74, 6) is 0.856. The molecule has 2 amide bonds. The van der Waals surface area contributed by atoms with Crippen molar-refractivity contribution in [3.63, 3.8) is 0 Å². The number of hydrogen-bond donors (Lipinski definition) is 3. The number of amides is 2. The maximum absolute atomic E-state index is 12.3. The second-order valence-electron chi connectivity index (χ2n) is 6.88. The molecule has 1 aromatic heterocycles. The molecule has 1 unspecified atom stereocenters. The summed E-state index contributed by atoms with van der Waals surface area (Å²) in [7, 11) is 1.54. The number of rotatable bonds is 5. The second-order valence-corrected chi connectivity index (χ2v) is 6.88. The molecule has 3 N–H and O–H groups in total. The van der Waals surface area contributed by atoms with Crippen LogP contribution in [0, 0.1) is 0 Å². The van der Waals surface area contributed by atoms with Crippen LogP contribution in [0.25, 0.3) is 11.0 Å². The van der Waals surface area contributed by atoms with Crippen molar-refractivity contribution < 1.29 is 14.3 Å². The number of anilines is 2. The van der Waals surface area contributed by atoms with E-state index in [1.807, 2.05) is 37.3 Å². The summed E-state index contributed by atoms with van der Waals surface area (Å²) < 4.78 is 5.43. The first kappa shape index (κ1) is 18.0. The molecule has 7 nitrogen and oxygen atoms in total. The number of aromatic amines is 1. The fraction of sp³-hybridized carbons (Fsp3) is 0.286. The van der Waals surface area contributed by atoms with Gasteiger partial charge in [-0.05, 0) is 30.2 Å².